The van der Waals surface area contributed by atoms with Crippen LogP contribution in [0.25, 0.3) is 0 Å². The van der Waals surface area contributed by atoms with Crippen molar-refractivity contribution in [3.63, 3.8) is 0 Å². The lowest BCUT2D eigenvalue weighted by Gasteiger charge is -2.44. The van der Waals surface area contributed by atoms with Crippen molar-refractivity contribution in [1.29, 1.82) is 0 Å². The molecule has 0 spiro atoms. The van der Waals surface area contributed by atoms with Gasteiger partial charge in [-0.2, -0.15) is 9.78 Å². The van der Waals surface area contributed by atoms with E-state index in [4.69, 9.17) is 19.6 Å². The van der Waals surface area contributed by atoms with E-state index in [-0.39, 0.29) is 5.41 Å². The SMILES string of the molecule is CCOOC1(OOCC)CC(C)CC(C)(C)C1. The molecule has 0 heterocycles. The van der Waals surface area contributed by atoms with Crippen molar-refractivity contribution >= 4 is 0 Å². The van der Waals surface area contributed by atoms with Gasteiger partial charge in [-0.25, -0.2) is 9.78 Å². The highest BCUT2D eigenvalue weighted by Crippen LogP contribution is 2.46. The van der Waals surface area contributed by atoms with Crippen molar-refractivity contribution in [1.82, 2.24) is 0 Å². The molecule has 1 aliphatic carbocycles. The highest BCUT2D eigenvalue weighted by atomic mass is 17.3. The summed E-state index contributed by atoms with van der Waals surface area (Å²) >= 11 is 0. The lowest BCUT2D eigenvalue weighted by atomic mass is 9.70. The van der Waals surface area contributed by atoms with E-state index in [1.54, 1.807) is 0 Å². The molecular weight excluding hydrogens is 220 g/mol. The first-order chi connectivity index (χ1) is 7.93. The van der Waals surface area contributed by atoms with E-state index in [1.807, 2.05) is 13.8 Å². The Balaban J connectivity index is 2.72. The molecule has 17 heavy (non-hydrogen) atoms. The maximum absolute atomic E-state index is 5.48. The van der Waals surface area contributed by atoms with Crippen LogP contribution in [0.4, 0.5) is 0 Å². The highest BCUT2D eigenvalue weighted by molar-refractivity contribution is 4.87. The average molecular weight is 246 g/mol. The molecule has 1 fully saturated rings. The van der Waals surface area contributed by atoms with E-state index in [9.17, 15) is 0 Å². The summed E-state index contributed by atoms with van der Waals surface area (Å²) in [5.41, 5.74) is 0.172. The summed E-state index contributed by atoms with van der Waals surface area (Å²) in [5.74, 6) is -0.229. The minimum absolute atomic E-state index is 0.172. The van der Waals surface area contributed by atoms with E-state index in [0.29, 0.717) is 19.1 Å². The van der Waals surface area contributed by atoms with Crippen molar-refractivity contribution in [3.8, 4) is 0 Å². The molecule has 102 valence electrons. The Morgan fingerprint density at radius 3 is 1.94 bits per heavy atom. The zero-order valence-electron chi connectivity index (χ0n) is 11.7. The van der Waals surface area contributed by atoms with Crippen LogP contribution < -0.4 is 0 Å². The zero-order valence-corrected chi connectivity index (χ0v) is 11.7. The fourth-order valence-electron chi connectivity index (χ4n) is 2.89. The standard InChI is InChI=1S/C13H26O4/c1-6-14-16-13(17-15-7-2)9-11(3)8-12(4,5)10-13/h11H,6-10H2,1-5H3. The van der Waals surface area contributed by atoms with Crippen LogP contribution in [0.1, 0.15) is 53.9 Å². The molecule has 4 heteroatoms. The monoisotopic (exact) mass is 246 g/mol. The summed E-state index contributed by atoms with van der Waals surface area (Å²) in [7, 11) is 0. The molecule has 0 radical (unpaired) electrons. The third-order valence-electron chi connectivity index (χ3n) is 2.97. The van der Waals surface area contributed by atoms with Gasteiger partial charge in [-0.05, 0) is 31.6 Å². The first-order valence-corrected chi connectivity index (χ1v) is 6.54. The van der Waals surface area contributed by atoms with Gasteiger partial charge in [-0.1, -0.05) is 20.8 Å². The topological polar surface area (TPSA) is 36.9 Å². The van der Waals surface area contributed by atoms with Crippen LogP contribution in [0.15, 0.2) is 0 Å². The molecule has 1 atom stereocenters. The first-order valence-electron chi connectivity index (χ1n) is 6.54. The van der Waals surface area contributed by atoms with E-state index in [2.05, 4.69) is 20.8 Å². The number of rotatable bonds is 6. The number of hydrogen-bond donors (Lipinski definition) is 0. The van der Waals surface area contributed by atoms with Gasteiger partial charge in [0.05, 0.1) is 13.2 Å². The summed E-state index contributed by atoms with van der Waals surface area (Å²) in [4.78, 5) is 21.2. The quantitative estimate of drug-likeness (QED) is 0.408. The second-order valence-corrected chi connectivity index (χ2v) is 5.74. The van der Waals surface area contributed by atoms with Crippen molar-refractivity contribution in [2.24, 2.45) is 11.3 Å². The fourth-order valence-corrected chi connectivity index (χ4v) is 2.89. The van der Waals surface area contributed by atoms with Crippen LogP contribution in [0.5, 0.6) is 0 Å². The van der Waals surface area contributed by atoms with Crippen molar-refractivity contribution < 1.29 is 19.6 Å². The molecule has 4 nitrogen and oxygen atoms in total. The van der Waals surface area contributed by atoms with Gasteiger partial charge in [0.2, 0.25) is 5.79 Å². The van der Waals surface area contributed by atoms with Gasteiger partial charge in [0, 0.05) is 12.8 Å². The van der Waals surface area contributed by atoms with Crippen LogP contribution in [0, 0.1) is 11.3 Å². The van der Waals surface area contributed by atoms with Crippen LogP contribution >= 0.6 is 0 Å². The largest absolute Gasteiger partial charge is 0.234 e. The van der Waals surface area contributed by atoms with Crippen LogP contribution in [-0.2, 0) is 19.6 Å². The molecule has 0 bridgehead atoms. The van der Waals surface area contributed by atoms with Crippen molar-refractivity contribution in [3.05, 3.63) is 0 Å². The smallest absolute Gasteiger partial charge is 0.234 e. The maximum Gasteiger partial charge on any atom is 0.234 e. The highest BCUT2D eigenvalue weighted by Gasteiger charge is 2.47. The van der Waals surface area contributed by atoms with E-state index in [0.717, 1.165) is 12.8 Å². The molecule has 0 aromatic rings. The third-order valence-corrected chi connectivity index (χ3v) is 2.97. The minimum Gasteiger partial charge on any atom is -0.234 e. The molecule has 0 N–H and O–H groups in total. The van der Waals surface area contributed by atoms with Gasteiger partial charge in [0.15, 0.2) is 0 Å². The zero-order chi connectivity index (χ0) is 12.9. The molecular formula is C13H26O4. The van der Waals surface area contributed by atoms with Crippen LogP contribution in [-0.4, -0.2) is 19.0 Å². The van der Waals surface area contributed by atoms with Gasteiger partial charge in [-0.15, -0.1) is 0 Å². The Bertz CT molecular complexity index is 219. The van der Waals surface area contributed by atoms with E-state index in [1.165, 1.54) is 6.42 Å². The predicted octanol–water partition coefficient (Wildman–Crippen LogP) is 3.47. The van der Waals surface area contributed by atoms with Crippen LogP contribution in [0.2, 0.25) is 0 Å². The fraction of sp³-hybridized carbons (Fsp3) is 1.00. The summed E-state index contributed by atoms with van der Waals surface area (Å²) in [6.45, 7) is 11.5. The summed E-state index contributed by atoms with van der Waals surface area (Å²) in [5, 5.41) is 0. The Kier molecular flexibility index (Phi) is 5.38. The minimum atomic E-state index is -0.757. The first kappa shape index (κ1) is 14.9. The summed E-state index contributed by atoms with van der Waals surface area (Å²) < 4.78 is 0. The molecule has 1 unspecified atom stereocenters. The molecule has 1 rings (SSSR count). The molecule has 0 amide bonds. The van der Waals surface area contributed by atoms with Gasteiger partial charge >= 0.3 is 0 Å². The molecule has 0 aliphatic heterocycles. The molecule has 0 aromatic carbocycles. The van der Waals surface area contributed by atoms with Crippen molar-refractivity contribution in [2.45, 2.75) is 59.7 Å². The van der Waals surface area contributed by atoms with Gasteiger partial charge in [0.1, 0.15) is 0 Å². The number of hydrogen-bond acceptors (Lipinski definition) is 4. The van der Waals surface area contributed by atoms with Gasteiger partial charge in [-0.3, -0.25) is 0 Å². The van der Waals surface area contributed by atoms with Gasteiger partial charge < -0.3 is 0 Å². The Morgan fingerprint density at radius 1 is 1.00 bits per heavy atom. The molecule has 1 aliphatic rings. The lowest BCUT2D eigenvalue weighted by Crippen LogP contribution is -2.46. The van der Waals surface area contributed by atoms with Crippen LogP contribution in [0.3, 0.4) is 0 Å². The maximum atomic E-state index is 5.48. The third kappa shape index (κ3) is 4.54. The summed E-state index contributed by atoms with van der Waals surface area (Å²) in [6.07, 6.45) is 2.75. The lowest BCUT2D eigenvalue weighted by molar-refractivity contribution is -0.521. The Hall–Kier alpha value is -0.160. The van der Waals surface area contributed by atoms with Crippen molar-refractivity contribution in [2.75, 3.05) is 13.2 Å². The van der Waals surface area contributed by atoms with E-state index >= 15 is 0 Å². The second-order valence-electron chi connectivity index (χ2n) is 5.74. The Labute approximate surface area is 104 Å². The predicted molar refractivity (Wildman–Crippen MR) is 64.9 cm³/mol. The molecule has 0 aromatic heterocycles. The second kappa shape index (κ2) is 6.14. The normalized spacial score (nSPS) is 27.0. The Morgan fingerprint density at radius 2 is 1.53 bits per heavy atom. The summed E-state index contributed by atoms with van der Waals surface area (Å²) in [6, 6.07) is 0. The molecule has 0 saturated heterocycles. The average Bonchev–Trinajstić information content (AvgIpc) is 2.21. The van der Waals surface area contributed by atoms with Gasteiger partial charge in [0.25, 0.3) is 0 Å². The van der Waals surface area contributed by atoms with E-state index < -0.39 is 5.79 Å². The molecule has 1 saturated carbocycles.